The highest BCUT2D eigenvalue weighted by Gasteiger charge is 2.16. The molecule has 3 aromatic carbocycles. The maximum Gasteiger partial charge on any atom is 0.345 e. The highest BCUT2D eigenvalue weighted by atomic mass is 35.5. The van der Waals surface area contributed by atoms with Gasteiger partial charge in [-0.25, -0.2) is 10.2 Å². The number of carbonyl (C=O) groups excluding carboxylic acids is 3. The summed E-state index contributed by atoms with van der Waals surface area (Å²) in [5, 5.41) is 6.74. The molecule has 0 saturated carbocycles. The van der Waals surface area contributed by atoms with Crippen LogP contribution >= 0.6 is 23.2 Å². The Kier molecular flexibility index (Phi) is 8.66. The summed E-state index contributed by atoms with van der Waals surface area (Å²) in [6.07, 6.45) is 1.29. The zero-order valence-electron chi connectivity index (χ0n) is 18.5. The summed E-state index contributed by atoms with van der Waals surface area (Å²) in [6.45, 7) is 0. The van der Waals surface area contributed by atoms with Gasteiger partial charge in [0.05, 0.1) is 31.0 Å². The minimum Gasteiger partial charge on any atom is -0.497 e. The highest BCUT2D eigenvalue weighted by molar-refractivity contribution is 6.39. The molecule has 180 valence electrons. The van der Waals surface area contributed by atoms with Crippen molar-refractivity contribution in [1.29, 1.82) is 0 Å². The average Bonchev–Trinajstić information content (AvgIpc) is 2.85. The van der Waals surface area contributed by atoms with Crippen molar-refractivity contribution in [2.24, 2.45) is 5.10 Å². The molecule has 0 spiro atoms. The van der Waals surface area contributed by atoms with E-state index in [1.54, 1.807) is 30.3 Å². The summed E-state index contributed by atoms with van der Waals surface area (Å²) in [5.74, 6) is -1.56. The normalized spacial score (nSPS) is 10.5. The number of nitrogens with zero attached hydrogens (tertiary/aromatic N) is 1. The van der Waals surface area contributed by atoms with E-state index in [0.29, 0.717) is 22.0 Å². The summed E-state index contributed by atoms with van der Waals surface area (Å²) in [6, 6.07) is 15.5. The quantitative estimate of drug-likeness (QED) is 0.159. The molecule has 0 fully saturated rings. The third-order valence-electron chi connectivity index (χ3n) is 4.48. The first-order valence-corrected chi connectivity index (χ1v) is 10.7. The molecular formula is C24H19Cl2N3O6. The molecule has 35 heavy (non-hydrogen) atoms. The summed E-state index contributed by atoms with van der Waals surface area (Å²) in [4.78, 5) is 36.4. The number of hydrogen-bond donors (Lipinski definition) is 2. The lowest BCUT2D eigenvalue weighted by Crippen LogP contribution is -2.32. The van der Waals surface area contributed by atoms with Crippen LogP contribution in [0.2, 0.25) is 10.0 Å². The van der Waals surface area contributed by atoms with E-state index in [1.807, 2.05) is 0 Å². The van der Waals surface area contributed by atoms with Crippen molar-refractivity contribution in [3.8, 4) is 17.2 Å². The largest absolute Gasteiger partial charge is 0.497 e. The van der Waals surface area contributed by atoms with Crippen LogP contribution in [0.1, 0.15) is 15.9 Å². The van der Waals surface area contributed by atoms with Crippen molar-refractivity contribution < 1.29 is 28.6 Å². The predicted molar refractivity (Wildman–Crippen MR) is 132 cm³/mol. The standard InChI is InChI=1S/C24H19Cl2N3O6/c1-33-17-7-5-16(6-8-17)28-22(30)23(31)29-27-13-14-3-10-20(21(11-14)34-2)35-24(32)18-9-4-15(25)12-19(18)26/h3-13H,1-2H3,(H,28,30)(H,29,31)/b27-13-. The molecule has 0 aliphatic carbocycles. The van der Waals surface area contributed by atoms with Gasteiger partial charge in [-0.05, 0) is 66.2 Å². The smallest absolute Gasteiger partial charge is 0.345 e. The number of carbonyl (C=O) groups is 3. The number of methoxy groups -OCH3 is 2. The van der Waals surface area contributed by atoms with Crippen LogP contribution < -0.4 is 25.0 Å². The van der Waals surface area contributed by atoms with Crippen LogP contribution in [0.5, 0.6) is 17.2 Å². The van der Waals surface area contributed by atoms with Crippen molar-refractivity contribution in [3.63, 3.8) is 0 Å². The van der Waals surface area contributed by atoms with Gasteiger partial charge in [0.15, 0.2) is 11.5 Å². The highest BCUT2D eigenvalue weighted by Crippen LogP contribution is 2.30. The molecule has 0 radical (unpaired) electrons. The number of esters is 1. The van der Waals surface area contributed by atoms with Gasteiger partial charge in [-0.3, -0.25) is 9.59 Å². The molecule has 11 heteroatoms. The molecule has 0 aromatic heterocycles. The number of halogens is 2. The molecule has 0 saturated heterocycles. The third kappa shape index (κ3) is 6.95. The first kappa shape index (κ1) is 25.5. The minimum absolute atomic E-state index is 0.138. The number of anilines is 1. The Balaban J connectivity index is 1.60. The Morgan fingerprint density at radius 2 is 1.60 bits per heavy atom. The van der Waals surface area contributed by atoms with Crippen LogP contribution in [0.25, 0.3) is 0 Å². The lowest BCUT2D eigenvalue weighted by molar-refractivity contribution is -0.136. The van der Waals surface area contributed by atoms with Crippen LogP contribution in [0, 0.1) is 0 Å². The lowest BCUT2D eigenvalue weighted by Gasteiger charge is -2.10. The second kappa shape index (κ2) is 11.9. The number of ether oxygens (including phenoxy) is 3. The van der Waals surface area contributed by atoms with Crippen molar-refractivity contribution in [2.45, 2.75) is 0 Å². The maximum atomic E-state index is 12.4. The molecule has 0 aliphatic heterocycles. The predicted octanol–water partition coefficient (Wildman–Crippen LogP) is 4.32. The van der Waals surface area contributed by atoms with Crippen molar-refractivity contribution in [1.82, 2.24) is 5.43 Å². The number of rotatable bonds is 7. The fourth-order valence-electron chi connectivity index (χ4n) is 2.74. The minimum atomic E-state index is -0.963. The Hall–Kier alpha value is -4.08. The number of benzene rings is 3. The van der Waals surface area contributed by atoms with Crippen molar-refractivity contribution >= 4 is 52.9 Å². The van der Waals surface area contributed by atoms with Crippen LogP contribution in [0.15, 0.2) is 65.8 Å². The van der Waals surface area contributed by atoms with Gasteiger partial charge < -0.3 is 19.5 Å². The van der Waals surface area contributed by atoms with Gasteiger partial charge in [0, 0.05) is 10.7 Å². The molecule has 9 nitrogen and oxygen atoms in total. The molecule has 0 unspecified atom stereocenters. The van der Waals surface area contributed by atoms with E-state index >= 15 is 0 Å². The second-order valence-electron chi connectivity index (χ2n) is 6.81. The number of hydrogen-bond acceptors (Lipinski definition) is 7. The maximum absolute atomic E-state index is 12.4. The zero-order chi connectivity index (χ0) is 25.4. The van der Waals surface area contributed by atoms with Crippen LogP contribution in [-0.4, -0.2) is 38.2 Å². The van der Waals surface area contributed by atoms with Crippen LogP contribution in [-0.2, 0) is 9.59 Å². The molecule has 0 aliphatic rings. The average molecular weight is 516 g/mol. The van der Waals surface area contributed by atoms with Gasteiger partial charge in [0.25, 0.3) is 0 Å². The van der Waals surface area contributed by atoms with E-state index in [0.717, 1.165) is 0 Å². The molecule has 2 N–H and O–H groups in total. The number of amides is 2. The molecule has 0 heterocycles. The third-order valence-corrected chi connectivity index (χ3v) is 5.02. The van der Waals surface area contributed by atoms with E-state index in [1.165, 1.54) is 50.8 Å². The molecule has 3 rings (SSSR count). The summed E-state index contributed by atoms with van der Waals surface area (Å²) < 4.78 is 15.7. The van der Waals surface area contributed by atoms with Crippen molar-refractivity contribution in [2.75, 3.05) is 19.5 Å². The monoisotopic (exact) mass is 515 g/mol. The van der Waals surface area contributed by atoms with E-state index in [-0.39, 0.29) is 22.1 Å². The SMILES string of the molecule is COc1ccc(NC(=O)C(=O)N/N=C\c2ccc(OC(=O)c3ccc(Cl)cc3Cl)c(OC)c2)cc1. The summed E-state index contributed by atoms with van der Waals surface area (Å²) in [7, 11) is 2.92. The van der Waals surface area contributed by atoms with E-state index in [4.69, 9.17) is 37.4 Å². The van der Waals surface area contributed by atoms with E-state index in [2.05, 4.69) is 15.8 Å². The Labute approximate surface area is 210 Å². The Morgan fingerprint density at radius 3 is 2.26 bits per heavy atom. The fraction of sp³-hybridized carbons (Fsp3) is 0.0833. The topological polar surface area (TPSA) is 115 Å². The van der Waals surface area contributed by atoms with E-state index in [9.17, 15) is 14.4 Å². The molecule has 2 amide bonds. The van der Waals surface area contributed by atoms with Gasteiger partial charge >= 0.3 is 17.8 Å². The molecular weight excluding hydrogens is 497 g/mol. The summed E-state index contributed by atoms with van der Waals surface area (Å²) >= 11 is 11.9. The molecule has 0 atom stereocenters. The Morgan fingerprint density at radius 1 is 0.857 bits per heavy atom. The Bertz CT molecular complexity index is 1280. The van der Waals surface area contributed by atoms with Crippen molar-refractivity contribution in [3.05, 3.63) is 81.8 Å². The van der Waals surface area contributed by atoms with Gasteiger partial charge in [0.2, 0.25) is 0 Å². The van der Waals surface area contributed by atoms with E-state index < -0.39 is 17.8 Å². The molecule has 3 aromatic rings. The first-order chi connectivity index (χ1) is 16.8. The number of nitrogens with one attached hydrogen (secondary N) is 2. The second-order valence-corrected chi connectivity index (χ2v) is 7.65. The summed E-state index contributed by atoms with van der Waals surface area (Å²) in [5.41, 5.74) is 3.19. The van der Waals surface area contributed by atoms with Gasteiger partial charge in [-0.2, -0.15) is 5.10 Å². The lowest BCUT2D eigenvalue weighted by atomic mass is 10.2. The fourth-order valence-corrected chi connectivity index (χ4v) is 3.22. The molecule has 0 bridgehead atoms. The zero-order valence-corrected chi connectivity index (χ0v) is 20.0. The van der Waals surface area contributed by atoms with Gasteiger partial charge in [-0.15, -0.1) is 0 Å². The van der Waals surface area contributed by atoms with Gasteiger partial charge in [-0.1, -0.05) is 23.2 Å². The van der Waals surface area contributed by atoms with Crippen LogP contribution in [0.3, 0.4) is 0 Å². The number of hydrazone groups is 1. The van der Waals surface area contributed by atoms with Crippen LogP contribution in [0.4, 0.5) is 5.69 Å². The van der Waals surface area contributed by atoms with Gasteiger partial charge in [0.1, 0.15) is 5.75 Å². The first-order valence-electron chi connectivity index (χ1n) is 9.94.